The molecule has 0 saturated heterocycles. The Morgan fingerprint density at radius 1 is 1.55 bits per heavy atom. The molecule has 0 unspecified atom stereocenters. The van der Waals surface area contributed by atoms with Gasteiger partial charge in [0.15, 0.2) is 0 Å². The molecule has 110 valence electrons. The van der Waals surface area contributed by atoms with Gasteiger partial charge in [-0.1, -0.05) is 11.6 Å². The normalized spacial score (nSPS) is 12.6. The van der Waals surface area contributed by atoms with E-state index in [9.17, 15) is 9.59 Å². The summed E-state index contributed by atoms with van der Waals surface area (Å²) in [5.41, 5.74) is 1.25. The minimum Gasteiger partial charge on any atom is -0.480 e. The minimum absolute atomic E-state index is 0.0540. The van der Waals surface area contributed by atoms with E-state index in [1.165, 1.54) is 16.8 Å². The summed E-state index contributed by atoms with van der Waals surface area (Å²) in [4.78, 5) is 22.4. The van der Waals surface area contributed by atoms with E-state index >= 15 is 0 Å². The van der Waals surface area contributed by atoms with Crippen molar-refractivity contribution in [3.05, 3.63) is 22.5 Å². The average molecular weight is 302 g/mol. The maximum atomic E-state index is 11.6. The monoisotopic (exact) mass is 301 g/mol. The zero-order chi connectivity index (χ0) is 15.3. The van der Waals surface area contributed by atoms with Gasteiger partial charge in [-0.15, -0.1) is 0 Å². The van der Waals surface area contributed by atoms with E-state index in [-0.39, 0.29) is 13.0 Å². The second-order valence-electron chi connectivity index (χ2n) is 4.16. The Hall–Kier alpha value is -1.86. The highest BCUT2D eigenvalue weighted by atomic mass is 35.5. The minimum atomic E-state index is -1.20. The summed E-state index contributed by atoms with van der Waals surface area (Å²) in [6, 6.07) is -1.12. The number of rotatable bonds is 6. The van der Waals surface area contributed by atoms with Crippen molar-refractivity contribution < 1.29 is 19.8 Å². The van der Waals surface area contributed by atoms with Crippen LogP contribution in [-0.4, -0.2) is 44.5 Å². The number of aryl methyl sites for hydroxylation is 2. The van der Waals surface area contributed by atoms with Crippen LogP contribution in [-0.2, 0) is 16.6 Å². The number of carbonyl (C=O) groups is 2. The number of aromatic nitrogens is 2. The standard InChI is InChI=1S/C12H16ClN3O4/c1-7-8(11(13)16(2)15-7)3-4-10(18)14-9(5-6-17)12(19)20/h3-4,9,17H,5-6H2,1-2H3,(H,14,18)(H,19,20)/b4-3+/t9-/m1/s1. The molecule has 7 nitrogen and oxygen atoms in total. The lowest BCUT2D eigenvalue weighted by molar-refractivity contribution is -0.141. The van der Waals surface area contributed by atoms with Gasteiger partial charge in [-0.2, -0.15) is 5.10 Å². The lowest BCUT2D eigenvalue weighted by Crippen LogP contribution is -2.40. The largest absolute Gasteiger partial charge is 0.480 e. The van der Waals surface area contributed by atoms with Crippen molar-refractivity contribution in [2.24, 2.45) is 7.05 Å². The van der Waals surface area contributed by atoms with Gasteiger partial charge in [0.25, 0.3) is 0 Å². The zero-order valence-corrected chi connectivity index (χ0v) is 11.9. The molecule has 0 saturated carbocycles. The predicted octanol–water partition coefficient (Wildman–Crippen LogP) is 0.347. The number of carboxylic acid groups (broad SMARTS) is 1. The Balaban J connectivity index is 2.74. The molecule has 1 aromatic heterocycles. The summed E-state index contributed by atoms with van der Waals surface area (Å²) in [7, 11) is 1.68. The van der Waals surface area contributed by atoms with Gasteiger partial charge in [0.2, 0.25) is 5.91 Å². The van der Waals surface area contributed by atoms with Crippen LogP contribution in [0, 0.1) is 6.92 Å². The number of hydrogen-bond donors (Lipinski definition) is 3. The zero-order valence-electron chi connectivity index (χ0n) is 11.1. The van der Waals surface area contributed by atoms with Gasteiger partial charge in [0, 0.05) is 31.7 Å². The third-order valence-electron chi connectivity index (χ3n) is 2.63. The summed E-state index contributed by atoms with van der Waals surface area (Å²) in [6.07, 6.45) is 2.60. The molecule has 0 spiro atoms. The maximum Gasteiger partial charge on any atom is 0.326 e. The molecule has 0 aliphatic rings. The van der Waals surface area contributed by atoms with Crippen molar-refractivity contribution in [1.29, 1.82) is 0 Å². The Morgan fingerprint density at radius 2 is 2.20 bits per heavy atom. The van der Waals surface area contributed by atoms with Crippen molar-refractivity contribution in [1.82, 2.24) is 15.1 Å². The number of amides is 1. The van der Waals surface area contributed by atoms with Crippen LogP contribution in [0.25, 0.3) is 6.08 Å². The fraction of sp³-hybridized carbons (Fsp3) is 0.417. The number of aliphatic carboxylic acids is 1. The summed E-state index contributed by atoms with van der Waals surface area (Å²) >= 11 is 5.99. The molecule has 0 bridgehead atoms. The van der Waals surface area contributed by atoms with Crippen LogP contribution in [0.1, 0.15) is 17.7 Å². The molecular weight excluding hydrogens is 286 g/mol. The molecule has 1 heterocycles. The van der Waals surface area contributed by atoms with Gasteiger partial charge in [-0.3, -0.25) is 9.48 Å². The first-order valence-electron chi connectivity index (χ1n) is 5.88. The number of nitrogens with zero attached hydrogens (tertiary/aromatic N) is 2. The first-order valence-corrected chi connectivity index (χ1v) is 6.26. The van der Waals surface area contributed by atoms with Gasteiger partial charge in [0.05, 0.1) is 5.69 Å². The summed E-state index contributed by atoms with van der Waals surface area (Å²) < 4.78 is 1.47. The summed E-state index contributed by atoms with van der Waals surface area (Å²) in [5, 5.41) is 24.3. The number of carboxylic acids is 1. The van der Waals surface area contributed by atoms with Crippen molar-refractivity contribution in [2.45, 2.75) is 19.4 Å². The lowest BCUT2D eigenvalue weighted by atomic mass is 10.2. The first-order chi connectivity index (χ1) is 9.36. The number of aliphatic hydroxyl groups excluding tert-OH is 1. The van der Waals surface area contributed by atoms with Crippen LogP contribution < -0.4 is 5.32 Å². The number of carbonyl (C=O) groups excluding carboxylic acids is 1. The molecule has 1 atom stereocenters. The molecular formula is C12H16ClN3O4. The fourth-order valence-electron chi connectivity index (χ4n) is 1.60. The van der Waals surface area contributed by atoms with Crippen LogP contribution in [0.15, 0.2) is 6.08 Å². The van der Waals surface area contributed by atoms with Crippen LogP contribution in [0.4, 0.5) is 0 Å². The van der Waals surface area contributed by atoms with Crippen molar-refractivity contribution in [2.75, 3.05) is 6.61 Å². The number of aliphatic hydroxyl groups is 1. The number of halogens is 1. The smallest absolute Gasteiger partial charge is 0.326 e. The van der Waals surface area contributed by atoms with Crippen molar-refractivity contribution in [3.8, 4) is 0 Å². The maximum absolute atomic E-state index is 11.6. The molecule has 20 heavy (non-hydrogen) atoms. The van der Waals surface area contributed by atoms with Crippen molar-refractivity contribution in [3.63, 3.8) is 0 Å². The van der Waals surface area contributed by atoms with E-state index in [2.05, 4.69) is 10.4 Å². The van der Waals surface area contributed by atoms with E-state index in [0.29, 0.717) is 16.4 Å². The van der Waals surface area contributed by atoms with Crippen LogP contribution in [0.2, 0.25) is 5.15 Å². The summed E-state index contributed by atoms with van der Waals surface area (Å²) in [6.45, 7) is 1.42. The molecule has 0 aliphatic heterocycles. The number of hydrogen-bond acceptors (Lipinski definition) is 4. The van der Waals surface area contributed by atoms with Crippen molar-refractivity contribution >= 4 is 29.6 Å². The highest BCUT2D eigenvalue weighted by Crippen LogP contribution is 2.19. The topological polar surface area (TPSA) is 104 Å². The SMILES string of the molecule is Cc1nn(C)c(Cl)c1/C=C/C(=O)N[C@H](CCO)C(=O)O. The Morgan fingerprint density at radius 3 is 2.65 bits per heavy atom. The molecule has 0 aromatic carbocycles. The Labute approximate surface area is 120 Å². The van der Waals surface area contributed by atoms with E-state index in [0.717, 1.165) is 0 Å². The van der Waals surface area contributed by atoms with Gasteiger partial charge >= 0.3 is 5.97 Å². The van der Waals surface area contributed by atoms with Crippen LogP contribution >= 0.6 is 11.6 Å². The quantitative estimate of drug-likeness (QED) is 0.658. The second-order valence-corrected chi connectivity index (χ2v) is 4.52. The highest BCUT2D eigenvalue weighted by molar-refractivity contribution is 6.31. The average Bonchev–Trinajstić information content (AvgIpc) is 2.60. The first kappa shape index (κ1) is 16.2. The lowest BCUT2D eigenvalue weighted by Gasteiger charge is -2.11. The third-order valence-corrected chi connectivity index (χ3v) is 3.08. The molecule has 1 rings (SSSR count). The molecule has 8 heteroatoms. The predicted molar refractivity (Wildman–Crippen MR) is 73.3 cm³/mol. The van der Waals surface area contributed by atoms with Gasteiger partial charge < -0.3 is 15.5 Å². The van der Waals surface area contributed by atoms with E-state index in [4.69, 9.17) is 21.8 Å². The summed E-state index contributed by atoms with van der Waals surface area (Å²) in [5.74, 6) is -1.78. The van der Waals surface area contributed by atoms with E-state index in [1.54, 1.807) is 14.0 Å². The van der Waals surface area contributed by atoms with E-state index in [1.807, 2.05) is 0 Å². The van der Waals surface area contributed by atoms with Gasteiger partial charge in [-0.05, 0) is 13.0 Å². The molecule has 0 radical (unpaired) electrons. The van der Waals surface area contributed by atoms with Crippen LogP contribution in [0.5, 0.6) is 0 Å². The molecule has 0 fully saturated rings. The Bertz CT molecular complexity index is 539. The Kier molecular flexibility index (Phi) is 5.72. The highest BCUT2D eigenvalue weighted by Gasteiger charge is 2.18. The fourth-order valence-corrected chi connectivity index (χ4v) is 1.84. The molecule has 1 aromatic rings. The third kappa shape index (κ3) is 4.07. The molecule has 3 N–H and O–H groups in total. The number of nitrogens with one attached hydrogen (secondary N) is 1. The second kappa shape index (κ2) is 7.06. The molecule has 0 aliphatic carbocycles. The molecule has 1 amide bonds. The van der Waals surface area contributed by atoms with E-state index < -0.39 is 17.9 Å². The van der Waals surface area contributed by atoms with Gasteiger partial charge in [-0.25, -0.2) is 4.79 Å². The van der Waals surface area contributed by atoms with Crippen LogP contribution in [0.3, 0.4) is 0 Å². The van der Waals surface area contributed by atoms with Gasteiger partial charge in [0.1, 0.15) is 11.2 Å².